The van der Waals surface area contributed by atoms with Crippen molar-refractivity contribution in [2.45, 2.75) is 45.2 Å². The zero-order chi connectivity index (χ0) is 22.9. The van der Waals surface area contributed by atoms with E-state index in [4.69, 9.17) is 9.15 Å². The summed E-state index contributed by atoms with van der Waals surface area (Å²) in [5, 5.41) is 2.08. The molecule has 2 amide bonds. The van der Waals surface area contributed by atoms with Gasteiger partial charge in [-0.2, -0.15) is 0 Å². The van der Waals surface area contributed by atoms with Gasteiger partial charge in [-0.1, -0.05) is 17.7 Å². The Morgan fingerprint density at radius 3 is 2.79 bits per heavy atom. The van der Waals surface area contributed by atoms with Gasteiger partial charge in [0.15, 0.2) is 5.76 Å². The second-order valence-corrected chi connectivity index (χ2v) is 9.87. The predicted molar refractivity (Wildman–Crippen MR) is 127 cm³/mol. The Hall–Kier alpha value is -3.06. The average molecular weight is 465 g/mol. The van der Waals surface area contributed by atoms with Crippen LogP contribution in [0.15, 0.2) is 52.5 Å². The Morgan fingerprint density at radius 1 is 1.21 bits per heavy atom. The molecule has 1 fully saturated rings. The van der Waals surface area contributed by atoms with E-state index in [9.17, 15) is 9.59 Å². The molecule has 3 aromatic rings. The summed E-state index contributed by atoms with van der Waals surface area (Å²) in [6, 6.07) is 11.5. The SMILES string of the molecule is Cc1ccc(OC[C@H]2c3ccsc3CCN2C(=O)CN(C(=O)c2ccco2)C2CC2)c(C)c1. The average Bonchev–Trinajstić information content (AvgIpc) is 3.28. The molecule has 2 aliphatic rings. The third-order valence-corrected chi connectivity index (χ3v) is 7.42. The van der Waals surface area contributed by atoms with Gasteiger partial charge in [0.25, 0.3) is 5.91 Å². The van der Waals surface area contributed by atoms with Crippen LogP contribution >= 0.6 is 11.3 Å². The largest absolute Gasteiger partial charge is 0.491 e. The van der Waals surface area contributed by atoms with E-state index in [0.717, 1.165) is 36.1 Å². The van der Waals surface area contributed by atoms with Gasteiger partial charge in [0.2, 0.25) is 5.91 Å². The highest BCUT2D eigenvalue weighted by molar-refractivity contribution is 7.10. The predicted octanol–water partition coefficient (Wildman–Crippen LogP) is 4.77. The van der Waals surface area contributed by atoms with Gasteiger partial charge in [0.1, 0.15) is 18.9 Å². The summed E-state index contributed by atoms with van der Waals surface area (Å²) in [6.45, 7) is 5.17. The maximum absolute atomic E-state index is 13.5. The fraction of sp³-hybridized carbons (Fsp3) is 0.385. The molecule has 0 unspecified atom stereocenters. The van der Waals surface area contributed by atoms with Gasteiger partial charge < -0.3 is 19.0 Å². The lowest BCUT2D eigenvalue weighted by Crippen LogP contribution is -2.48. The number of aryl methyl sites for hydroxylation is 2. The normalized spacial score (nSPS) is 17.5. The van der Waals surface area contributed by atoms with Crippen LogP contribution < -0.4 is 4.74 Å². The molecule has 1 aliphatic heterocycles. The highest BCUT2D eigenvalue weighted by Gasteiger charge is 2.38. The standard InChI is InChI=1S/C26H28N2O4S/c1-17-5-8-22(18(2)14-17)32-16-21-20-10-13-33-24(20)9-11-27(21)25(29)15-28(19-6-7-19)26(30)23-4-3-12-31-23/h3-5,8,10,12-14,19,21H,6-7,9,11,15-16H2,1-2H3/t21-/m0/s1. The summed E-state index contributed by atoms with van der Waals surface area (Å²) in [5.41, 5.74) is 3.42. The van der Waals surface area contributed by atoms with Crippen LogP contribution in [0.4, 0.5) is 0 Å². The molecule has 33 heavy (non-hydrogen) atoms. The number of carbonyl (C=O) groups is 2. The fourth-order valence-electron chi connectivity index (χ4n) is 4.54. The highest BCUT2D eigenvalue weighted by Crippen LogP contribution is 2.35. The van der Waals surface area contributed by atoms with Crippen molar-refractivity contribution >= 4 is 23.2 Å². The van der Waals surface area contributed by atoms with E-state index in [1.807, 2.05) is 24.0 Å². The number of fused-ring (bicyclic) bond motifs is 1. The van der Waals surface area contributed by atoms with E-state index in [2.05, 4.69) is 24.4 Å². The maximum atomic E-state index is 13.5. The minimum atomic E-state index is -0.216. The highest BCUT2D eigenvalue weighted by atomic mass is 32.1. The van der Waals surface area contributed by atoms with Crippen LogP contribution in [0.3, 0.4) is 0 Å². The minimum Gasteiger partial charge on any atom is -0.491 e. The summed E-state index contributed by atoms with van der Waals surface area (Å²) >= 11 is 1.73. The number of thiophene rings is 1. The number of furan rings is 1. The molecule has 0 bridgehead atoms. The Bertz CT molecular complexity index is 1150. The summed E-state index contributed by atoms with van der Waals surface area (Å²) in [6.07, 6.45) is 4.17. The number of nitrogens with zero attached hydrogens (tertiary/aromatic N) is 2. The van der Waals surface area contributed by atoms with Crippen molar-refractivity contribution in [3.63, 3.8) is 0 Å². The molecule has 3 heterocycles. The first kappa shape index (κ1) is 21.8. The number of ether oxygens (including phenoxy) is 1. The molecule has 1 atom stereocenters. The van der Waals surface area contributed by atoms with Crippen LogP contribution in [-0.4, -0.2) is 47.4 Å². The van der Waals surface area contributed by atoms with Gasteiger partial charge in [-0.25, -0.2) is 0 Å². The van der Waals surface area contributed by atoms with Gasteiger partial charge in [-0.05, 0) is 73.9 Å². The van der Waals surface area contributed by atoms with Crippen molar-refractivity contribution in [2.24, 2.45) is 0 Å². The van der Waals surface area contributed by atoms with Crippen molar-refractivity contribution < 1.29 is 18.7 Å². The van der Waals surface area contributed by atoms with Gasteiger partial charge in [-0.3, -0.25) is 9.59 Å². The molecule has 0 N–H and O–H groups in total. The number of rotatable bonds is 7. The van der Waals surface area contributed by atoms with E-state index in [1.54, 1.807) is 28.4 Å². The lowest BCUT2D eigenvalue weighted by atomic mass is 10.00. The van der Waals surface area contributed by atoms with E-state index in [1.165, 1.54) is 16.7 Å². The summed E-state index contributed by atoms with van der Waals surface area (Å²) < 4.78 is 11.5. The van der Waals surface area contributed by atoms with Gasteiger partial charge in [0.05, 0.1) is 12.3 Å². The van der Waals surface area contributed by atoms with Crippen LogP contribution in [0.5, 0.6) is 5.75 Å². The molecule has 2 aromatic heterocycles. The van der Waals surface area contributed by atoms with Gasteiger partial charge in [0, 0.05) is 17.5 Å². The fourth-order valence-corrected chi connectivity index (χ4v) is 5.46. The molecule has 7 heteroatoms. The first-order valence-corrected chi connectivity index (χ1v) is 12.3. The van der Waals surface area contributed by atoms with Crippen LogP contribution in [0, 0.1) is 13.8 Å². The monoisotopic (exact) mass is 464 g/mol. The Balaban J connectivity index is 1.35. The smallest absolute Gasteiger partial charge is 0.290 e. The first-order chi connectivity index (χ1) is 16.0. The van der Waals surface area contributed by atoms with E-state index >= 15 is 0 Å². The molecular weight excluding hydrogens is 436 g/mol. The third kappa shape index (κ3) is 4.55. The molecule has 1 aromatic carbocycles. The molecule has 1 saturated carbocycles. The minimum absolute atomic E-state index is 0.0483. The number of amides is 2. The Labute approximate surface area is 197 Å². The molecule has 172 valence electrons. The van der Waals surface area contributed by atoms with Gasteiger partial charge in [-0.15, -0.1) is 11.3 Å². The first-order valence-electron chi connectivity index (χ1n) is 11.4. The van der Waals surface area contributed by atoms with E-state index in [-0.39, 0.29) is 36.2 Å². The molecular formula is C26H28N2O4S. The molecule has 5 rings (SSSR count). The molecule has 0 saturated heterocycles. The van der Waals surface area contributed by atoms with Crippen LogP contribution in [0.25, 0.3) is 0 Å². The van der Waals surface area contributed by atoms with Crippen LogP contribution in [0.2, 0.25) is 0 Å². The lowest BCUT2D eigenvalue weighted by Gasteiger charge is -2.37. The summed E-state index contributed by atoms with van der Waals surface area (Å²) in [5.74, 6) is 0.853. The molecule has 1 aliphatic carbocycles. The Kier molecular flexibility index (Phi) is 5.98. The zero-order valence-corrected chi connectivity index (χ0v) is 19.8. The number of benzene rings is 1. The van der Waals surface area contributed by atoms with Crippen molar-refractivity contribution in [1.29, 1.82) is 0 Å². The summed E-state index contributed by atoms with van der Waals surface area (Å²) in [7, 11) is 0. The second-order valence-electron chi connectivity index (χ2n) is 8.87. The van der Waals surface area contributed by atoms with E-state index in [0.29, 0.717) is 13.2 Å². The van der Waals surface area contributed by atoms with Crippen molar-refractivity contribution in [3.8, 4) is 5.75 Å². The maximum Gasteiger partial charge on any atom is 0.290 e. The lowest BCUT2D eigenvalue weighted by molar-refractivity contribution is -0.135. The molecule has 0 radical (unpaired) electrons. The van der Waals surface area contributed by atoms with Crippen molar-refractivity contribution in [2.75, 3.05) is 19.7 Å². The number of hydrogen-bond acceptors (Lipinski definition) is 5. The number of carbonyl (C=O) groups excluding carboxylic acids is 2. The summed E-state index contributed by atoms with van der Waals surface area (Å²) in [4.78, 5) is 31.4. The van der Waals surface area contributed by atoms with Crippen LogP contribution in [-0.2, 0) is 11.2 Å². The van der Waals surface area contributed by atoms with Gasteiger partial charge >= 0.3 is 0 Å². The molecule has 6 nitrogen and oxygen atoms in total. The second kappa shape index (κ2) is 9.06. The van der Waals surface area contributed by atoms with Crippen molar-refractivity contribution in [3.05, 3.63) is 75.4 Å². The third-order valence-electron chi connectivity index (χ3n) is 6.43. The number of hydrogen-bond donors (Lipinski definition) is 0. The molecule has 0 spiro atoms. The zero-order valence-electron chi connectivity index (χ0n) is 19.0. The van der Waals surface area contributed by atoms with Crippen molar-refractivity contribution in [1.82, 2.24) is 9.80 Å². The quantitative estimate of drug-likeness (QED) is 0.505. The van der Waals surface area contributed by atoms with E-state index < -0.39 is 0 Å². The topological polar surface area (TPSA) is 63.0 Å². The Morgan fingerprint density at radius 2 is 2.06 bits per heavy atom. The van der Waals surface area contributed by atoms with Crippen LogP contribution in [0.1, 0.15) is 51.0 Å².